The van der Waals surface area contributed by atoms with Gasteiger partial charge in [0.25, 0.3) is 0 Å². The Kier molecular flexibility index (Phi) is 8.06. The molecule has 0 unspecified atom stereocenters. The number of amides is 1. The molecule has 1 aliphatic rings. The molecule has 0 aliphatic carbocycles. The Hall–Kier alpha value is -0.570. The molecule has 0 atom stereocenters. The van der Waals surface area contributed by atoms with E-state index in [-0.39, 0.29) is 5.91 Å². The molecule has 1 fully saturated rings. The zero-order valence-corrected chi connectivity index (χ0v) is 11.7. The van der Waals surface area contributed by atoms with Crippen molar-refractivity contribution in [2.45, 2.75) is 58.3 Å². The fourth-order valence-corrected chi connectivity index (χ4v) is 2.61. The highest BCUT2D eigenvalue weighted by Gasteiger charge is 2.19. The highest BCUT2D eigenvalue weighted by molar-refractivity contribution is 5.73. The maximum atomic E-state index is 11.2. The monoisotopic (exact) mass is 254 g/mol. The standard InChI is InChI=1S/C15H28NO2/c1-14(18)16-11-9-15(10-12-16)8-6-4-2-3-5-7-13-17/h4,15,17H,2-3,5-13H2,1H3. The largest absolute Gasteiger partial charge is 0.396 e. The first-order valence-corrected chi connectivity index (χ1v) is 7.42. The van der Waals surface area contributed by atoms with E-state index in [2.05, 4.69) is 6.42 Å². The molecule has 1 heterocycles. The summed E-state index contributed by atoms with van der Waals surface area (Å²) in [6.07, 6.45) is 11.7. The van der Waals surface area contributed by atoms with E-state index in [9.17, 15) is 4.79 Å². The van der Waals surface area contributed by atoms with E-state index in [1.165, 1.54) is 38.5 Å². The molecule has 1 radical (unpaired) electrons. The van der Waals surface area contributed by atoms with Crippen LogP contribution < -0.4 is 0 Å². The van der Waals surface area contributed by atoms with E-state index in [0.717, 1.165) is 31.8 Å². The van der Waals surface area contributed by atoms with Crippen LogP contribution in [0.2, 0.25) is 0 Å². The molecule has 0 aromatic carbocycles. The Morgan fingerprint density at radius 2 is 1.94 bits per heavy atom. The number of likely N-dealkylation sites (tertiary alicyclic amines) is 1. The number of aliphatic hydroxyl groups excluding tert-OH is 1. The molecule has 3 nitrogen and oxygen atoms in total. The Morgan fingerprint density at radius 3 is 2.56 bits per heavy atom. The molecule has 0 saturated carbocycles. The quantitative estimate of drug-likeness (QED) is 0.677. The van der Waals surface area contributed by atoms with Crippen LogP contribution in [0.25, 0.3) is 0 Å². The summed E-state index contributed by atoms with van der Waals surface area (Å²) in [5.74, 6) is 1.04. The molecule has 1 rings (SSSR count). The smallest absolute Gasteiger partial charge is 0.219 e. The molecule has 18 heavy (non-hydrogen) atoms. The predicted molar refractivity (Wildman–Crippen MR) is 74.1 cm³/mol. The van der Waals surface area contributed by atoms with Gasteiger partial charge >= 0.3 is 0 Å². The van der Waals surface area contributed by atoms with Crippen molar-refractivity contribution in [1.29, 1.82) is 0 Å². The summed E-state index contributed by atoms with van der Waals surface area (Å²) in [7, 11) is 0. The average Bonchev–Trinajstić information content (AvgIpc) is 2.38. The van der Waals surface area contributed by atoms with E-state index in [1.807, 2.05) is 4.90 Å². The molecule has 0 aromatic rings. The molecule has 1 aliphatic heterocycles. The number of hydrogen-bond acceptors (Lipinski definition) is 2. The van der Waals surface area contributed by atoms with Crippen LogP contribution in [0.3, 0.4) is 0 Å². The van der Waals surface area contributed by atoms with Crippen LogP contribution in [0.15, 0.2) is 0 Å². The number of aliphatic hydroxyl groups is 1. The van der Waals surface area contributed by atoms with Crippen LogP contribution in [-0.4, -0.2) is 35.6 Å². The van der Waals surface area contributed by atoms with Crippen LogP contribution in [-0.2, 0) is 4.79 Å². The maximum Gasteiger partial charge on any atom is 0.219 e. The lowest BCUT2D eigenvalue weighted by atomic mass is 9.91. The SMILES string of the molecule is CC(=O)N1CCC(CC[CH]CCCCCO)CC1. The van der Waals surface area contributed by atoms with Crippen molar-refractivity contribution in [3.8, 4) is 0 Å². The highest BCUT2D eigenvalue weighted by atomic mass is 16.2. The van der Waals surface area contributed by atoms with Crippen molar-refractivity contribution in [2.75, 3.05) is 19.7 Å². The number of carbonyl (C=O) groups is 1. The van der Waals surface area contributed by atoms with Crippen LogP contribution >= 0.6 is 0 Å². The molecule has 1 N–H and O–H groups in total. The summed E-state index contributed by atoms with van der Waals surface area (Å²) in [6.45, 7) is 3.90. The zero-order chi connectivity index (χ0) is 13.2. The van der Waals surface area contributed by atoms with Crippen LogP contribution in [0.1, 0.15) is 58.3 Å². The molecule has 1 amide bonds. The van der Waals surface area contributed by atoms with Crippen molar-refractivity contribution in [1.82, 2.24) is 4.90 Å². The van der Waals surface area contributed by atoms with Gasteiger partial charge in [0.15, 0.2) is 0 Å². The third-order valence-corrected chi connectivity index (χ3v) is 3.91. The lowest BCUT2D eigenvalue weighted by Gasteiger charge is -2.31. The number of piperidine rings is 1. The first-order chi connectivity index (χ1) is 8.74. The molecular weight excluding hydrogens is 226 g/mol. The Balaban J connectivity index is 1.93. The minimum atomic E-state index is 0.226. The van der Waals surface area contributed by atoms with E-state index in [4.69, 9.17) is 5.11 Å². The predicted octanol–water partition coefficient (Wildman–Crippen LogP) is 2.78. The molecule has 0 bridgehead atoms. The Morgan fingerprint density at radius 1 is 1.22 bits per heavy atom. The van der Waals surface area contributed by atoms with Gasteiger partial charge in [0.2, 0.25) is 5.91 Å². The lowest BCUT2D eigenvalue weighted by Crippen LogP contribution is -2.36. The summed E-state index contributed by atoms with van der Waals surface area (Å²) in [5, 5.41) is 8.66. The van der Waals surface area contributed by atoms with Gasteiger partial charge in [-0.15, -0.1) is 0 Å². The van der Waals surface area contributed by atoms with Crippen LogP contribution in [0.4, 0.5) is 0 Å². The van der Waals surface area contributed by atoms with E-state index < -0.39 is 0 Å². The molecule has 0 spiro atoms. The third kappa shape index (κ3) is 6.39. The van der Waals surface area contributed by atoms with Crippen LogP contribution in [0, 0.1) is 12.3 Å². The fourth-order valence-electron chi connectivity index (χ4n) is 2.61. The fraction of sp³-hybridized carbons (Fsp3) is 0.867. The minimum absolute atomic E-state index is 0.226. The van der Waals surface area contributed by atoms with Gasteiger partial charge in [-0.2, -0.15) is 0 Å². The Bertz CT molecular complexity index is 223. The van der Waals surface area contributed by atoms with Gasteiger partial charge in [0, 0.05) is 26.6 Å². The van der Waals surface area contributed by atoms with Crippen molar-refractivity contribution >= 4 is 5.91 Å². The summed E-state index contributed by atoms with van der Waals surface area (Å²) in [6, 6.07) is 0. The second-order valence-electron chi connectivity index (χ2n) is 5.39. The van der Waals surface area contributed by atoms with Gasteiger partial charge in [-0.05, 0) is 38.0 Å². The molecule has 3 heteroatoms. The number of carbonyl (C=O) groups excluding carboxylic acids is 1. The summed E-state index contributed by atoms with van der Waals surface area (Å²) < 4.78 is 0. The number of rotatable bonds is 8. The summed E-state index contributed by atoms with van der Waals surface area (Å²) in [5.41, 5.74) is 0. The van der Waals surface area contributed by atoms with Gasteiger partial charge in [0.1, 0.15) is 0 Å². The third-order valence-electron chi connectivity index (χ3n) is 3.91. The van der Waals surface area contributed by atoms with Gasteiger partial charge in [-0.25, -0.2) is 0 Å². The van der Waals surface area contributed by atoms with Crippen molar-refractivity contribution in [2.24, 2.45) is 5.92 Å². The van der Waals surface area contributed by atoms with Gasteiger partial charge in [-0.1, -0.05) is 25.7 Å². The maximum absolute atomic E-state index is 11.2. The van der Waals surface area contributed by atoms with Crippen molar-refractivity contribution < 1.29 is 9.90 Å². The normalized spacial score (nSPS) is 17.1. The number of unbranched alkanes of at least 4 members (excludes halogenated alkanes) is 5. The molecular formula is C15H28NO2. The minimum Gasteiger partial charge on any atom is -0.396 e. The van der Waals surface area contributed by atoms with Crippen molar-refractivity contribution in [3.05, 3.63) is 6.42 Å². The van der Waals surface area contributed by atoms with E-state index >= 15 is 0 Å². The lowest BCUT2D eigenvalue weighted by molar-refractivity contribution is -0.130. The average molecular weight is 254 g/mol. The van der Waals surface area contributed by atoms with E-state index in [1.54, 1.807) is 6.92 Å². The van der Waals surface area contributed by atoms with Gasteiger partial charge in [-0.3, -0.25) is 4.79 Å². The first-order valence-electron chi connectivity index (χ1n) is 7.42. The molecule has 105 valence electrons. The number of hydrogen-bond donors (Lipinski definition) is 1. The number of nitrogens with zero attached hydrogens (tertiary/aromatic N) is 1. The first kappa shape index (κ1) is 15.5. The summed E-state index contributed by atoms with van der Waals surface area (Å²) in [4.78, 5) is 13.2. The van der Waals surface area contributed by atoms with Crippen molar-refractivity contribution in [3.63, 3.8) is 0 Å². The van der Waals surface area contributed by atoms with E-state index in [0.29, 0.717) is 6.61 Å². The molecule has 0 aromatic heterocycles. The van der Waals surface area contributed by atoms with Gasteiger partial charge in [0.05, 0.1) is 0 Å². The highest BCUT2D eigenvalue weighted by Crippen LogP contribution is 2.23. The Labute approximate surface area is 112 Å². The zero-order valence-electron chi connectivity index (χ0n) is 11.7. The second-order valence-corrected chi connectivity index (χ2v) is 5.39. The molecule has 1 saturated heterocycles. The topological polar surface area (TPSA) is 40.5 Å². The summed E-state index contributed by atoms with van der Waals surface area (Å²) >= 11 is 0. The van der Waals surface area contributed by atoms with Gasteiger partial charge < -0.3 is 10.0 Å². The second kappa shape index (κ2) is 9.37. The van der Waals surface area contributed by atoms with Crippen LogP contribution in [0.5, 0.6) is 0 Å².